The minimum Gasteiger partial charge on any atom is -0.490 e. The fourth-order valence-corrected chi connectivity index (χ4v) is 3.24. The van der Waals surface area contributed by atoms with E-state index in [4.69, 9.17) is 4.74 Å². The zero-order chi connectivity index (χ0) is 17.0. The van der Waals surface area contributed by atoms with E-state index >= 15 is 0 Å². The zero-order valence-electron chi connectivity index (χ0n) is 15.3. The smallest absolute Gasteiger partial charge is 0.143 e. The average Bonchev–Trinajstić information content (AvgIpc) is 2.52. The predicted molar refractivity (Wildman–Crippen MR) is 96.4 cm³/mol. The quantitative estimate of drug-likeness (QED) is 0.871. The largest absolute Gasteiger partial charge is 0.490 e. The summed E-state index contributed by atoms with van der Waals surface area (Å²) in [6, 6.07) is 6.13. The molecule has 0 amide bonds. The third-order valence-corrected chi connectivity index (χ3v) is 4.71. The molecule has 1 aliphatic rings. The highest BCUT2D eigenvalue weighted by Crippen LogP contribution is 2.34. The van der Waals surface area contributed by atoms with E-state index in [1.165, 1.54) is 0 Å². The van der Waals surface area contributed by atoms with E-state index in [0.29, 0.717) is 6.61 Å². The van der Waals surface area contributed by atoms with Gasteiger partial charge in [0.15, 0.2) is 0 Å². The zero-order valence-corrected chi connectivity index (χ0v) is 15.3. The molecule has 23 heavy (non-hydrogen) atoms. The average molecular weight is 320 g/mol. The maximum Gasteiger partial charge on any atom is 0.143 e. The van der Waals surface area contributed by atoms with Gasteiger partial charge in [-0.05, 0) is 58.4 Å². The van der Waals surface area contributed by atoms with Crippen molar-refractivity contribution in [2.75, 3.05) is 37.7 Å². The van der Waals surface area contributed by atoms with Gasteiger partial charge in [-0.15, -0.1) is 0 Å². The molecule has 0 spiro atoms. The molecule has 1 atom stereocenters. The Kier molecular flexibility index (Phi) is 5.93. The molecular weight excluding hydrogens is 288 g/mol. The molecule has 2 rings (SSSR count). The van der Waals surface area contributed by atoms with Gasteiger partial charge in [-0.25, -0.2) is 0 Å². The maximum atomic E-state index is 10.6. The van der Waals surface area contributed by atoms with Crippen LogP contribution in [0.1, 0.15) is 52.7 Å². The number of nitrogens with zero attached hydrogens (tertiary/aromatic N) is 2. The van der Waals surface area contributed by atoms with Crippen molar-refractivity contribution < 1.29 is 9.84 Å². The van der Waals surface area contributed by atoms with Crippen LogP contribution in [0.15, 0.2) is 18.2 Å². The molecule has 0 saturated carbocycles. The van der Waals surface area contributed by atoms with Crippen molar-refractivity contribution in [3.05, 3.63) is 23.8 Å². The summed E-state index contributed by atoms with van der Waals surface area (Å²) in [5.74, 6) is 0.901. The fourth-order valence-electron chi connectivity index (χ4n) is 3.24. The highest BCUT2D eigenvalue weighted by molar-refractivity contribution is 5.61. The second-order valence-electron chi connectivity index (χ2n) is 7.21. The number of fused-ring (bicyclic) bond motifs is 1. The number of hydrogen-bond donors (Lipinski definition) is 1. The van der Waals surface area contributed by atoms with Crippen LogP contribution in [0.3, 0.4) is 0 Å². The van der Waals surface area contributed by atoms with Gasteiger partial charge in [0.2, 0.25) is 0 Å². The van der Waals surface area contributed by atoms with Crippen LogP contribution in [0.5, 0.6) is 5.75 Å². The van der Waals surface area contributed by atoms with Crippen LogP contribution < -0.4 is 9.64 Å². The molecule has 1 aromatic rings. The number of likely N-dealkylation sites (N-methyl/N-ethyl adjacent to an activating group) is 1. The van der Waals surface area contributed by atoms with Gasteiger partial charge in [0, 0.05) is 18.6 Å². The molecule has 1 aromatic carbocycles. The Balaban J connectivity index is 2.04. The molecule has 0 aromatic heterocycles. The van der Waals surface area contributed by atoms with Crippen LogP contribution in [0.25, 0.3) is 0 Å². The normalized spacial score (nSPS) is 16.2. The Morgan fingerprint density at radius 2 is 2.04 bits per heavy atom. The molecule has 1 aliphatic heterocycles. The van der Waals surface area contributed by atoms with Gasteiger partial charge in [-0.3, -0.25) is 4.90 Å². The standard InChI is InChI=1S/C19H32N2O2/c1-6-20-12-13-23-18-14-15(8-9-16(18)20)17(22)10-11-21(7-2)19(3,4)5/h8-9,14,17,22H,6-7,10-13H2,1-5H3. The van der Waals surface area contributed by atoms with Crippen LogP contribution in [-0.4, -0.2) is 48.3 Å². The number of benzene rings is 1. The number of hydrogen-bond acceptors (Lipinski definition) is 4. The summed E-state index contributed by atoms with van der Waals surface area (Å²) in [5, 5.41) is 10.6. The Morgan fingerprint density at radius 3 is 2.65 bits per heavy atom. The summed E-state index contributed by atoms with van der Waals surface area (Å²) < 4.78 is 5.78. The van der Waals surface area contributed by atoms with Gasteiger partial charge in [0.05, 0.1) is 18.3 Å². The number of rotatable bonds is 6. The van der Waals surface area contributed by atoms with Gasteiger partial charge in [-0.1, -0.05) is 13.0 Å². The van der Waals surface area contributed by atoms with Crippen molar-refractivity contribution >= 4 is 5.69 Å². The summed E-state index contributed by atoms with van der Waals surface area (Å²) in [7, 11) is 0. The highest BCUT2D eigenvalue weighted by atomic mass is 16.5. The minimum absolute atomic E-state index is 0.134. The summed E-state index contributed by atoms with van der Waals surface area (Å²) in [4.78, 5) is 4.71. The van der Waals surface area contributed by atoms with E-state index in [9.17, 15) is 5.11 Å². The van der Waals surface area contributed by atoms with Crippen molar-refractivity contribution in [3.63, 3.8) is 0 Å². The number of aliphatic hydroxyl groups excluding tert-OH is 1. The first-order valence-electron chi connectivity index (χ1n) is 8.81. The molecule has 130 valence electrons. The number of aliphatic hydroxyl groups is 1. The van der Waals surface area contributed by atoms with Crippen molar-refractivity contribution in [1.29, 1.82) is 0 Å². The second-order valence-corrected chi connectivity index (χ2v) is 7.21. The molecule has 0 saturated heterocycles. The lowest BCUT2D eigenvalue weighted by Gasteiger charge is -2.35. The Labute approximate surface area is 141 Å². The van der Waals surface area contributed by atoms with E-state index in [0.717, 1.165) is 49.6 Å². The van der Waals surface area contributed by atoms with Crippen LogP contribution in [0.4, 0.5) is 5.69 Å². The summed E-state index contributed by atoms with van der Waals surface area (Å²) in [5.41, 5.74) is 2.22. The molecule has 0 fully saturated rings. The summed E-state index contributed by atoms with van der Waals surface area (Å²) in [6.07, 6.45) is 0.291. The van der Waals surface area contributed by atoms with Crippen molar-refractivity contribution in [2.24, 2.45) is 0 Å². The third kappa shape index (κ3) is 4.39. The minimum atomic E-state index is -0.447. The van der Waals surface area contributed by atoms with Crippen molar-refractivity contribution in [3.8, 4) is 5.75 Å². The molecule has 4 heteroatoms. The van der Waals surface area contributed by atoms with Crippen LogP contribution in [0, 0.1) is 0 Å². The van der Waals surface area contributed by atoms with E-state index in [1.54, 1.807) is 0 Å². The first-order valence-corrected chi connectivity index (χ1v) is 8.81. The fraction of sp³-hybridized carbons (Fsp3) is 0.684. The van der Waals surface area contributed by atoms with Crippen molar-refractivity contribution in [2.45, 2.75) is 52.7 Å². The Bertz CT molecular complexity index is 511. The molecular formula is C19H32N2O2. The van der Waals surface area contributed by atoms with Gasteiger partial charge >= 0.3 is 0 Å². The molecule has 1 unspecified atom stereocenters. The Hall–Kier alpha value is -1.26. The van der Waals surface area contributed by atoms with E-state index in [-0.39, 0.29) is 5.54 Å². The summed E-state index contributed by atoms with van der Waals surface area (Å²) >= 11 is 0. The van der Waals surface area contributed by atoms with Crippen LogP contribution in [-0.2, 0) is 0 Å². The molecule has 0 aliphatic carbocycles. The van der Waals surface area contributed by atoms with Crippen LogP contribution in [0.2, 0.25) is 0 Å². The third-order valence-electron chi connectivity index (χ3n) is 4.71. The van der Waals surface area contributed by atoms with Gasteiger partial charge in [0.1, 0.15) is 12.4 Å². The number of ether oxygens (including phenoxy) is 1. The predicted octanol–water partition coefficient (Wildman–Crippen LogP) is 3.45. The van der Waals surface area contributed by atoms with E-state index in [2.05, 4.69) is 50.5 Å². The lowest BCUT2D eigenvalue weighted by molar-refractivity contribution is 0.0995. The molecule has 4 nitrogen and oxygen atoms in total. The lowest BCUT2D eigenvalue weighted by Crippen LogP contribution is -2.42. The lowest BCUT2D eigenvalue weighted by atomic mass is 10.0. The monoisotopic (exact) mass is 320 g/mol. The van der Waals surface area contributed by atoms with Gasteiger partial charge < -0.3 is 14.7 Å². The van der Waals surface area contributed by atoms with Gasteiger partial charge in [0.25, 0.3) is 0 Å². The Morgan fingerprint density at radius 1 is 1.30 bits per heavy atom. The van der Waals surface area contributed by atoms with Gasteiger partial charge in [-0.2, -0.15) is 0 Å². The first kappa shape index (κ1) is 18.1. The maximum absolute atomic E-state index is 10.6. The van der Waals surface area contributed by atoms with Crippen LogP contribution >= 0.6 is 0 Å². The number of anilines is 1. The molecule has 0 bridgehead atoms. The van der Waals surface area contributed by atoms with Crippen molar-refractivity contribution in [1.82, 2.24) is 4.90 Å². The molecule has 1 heterocycles. The first-order chi connectivity index (χ1) is 10.9. The van der Waals surface area contributed by atoms with E-state index in [1.807, 2.05) is 12.1 Å². The topological polar surface area (TPSA) is 35.9 Å². The SMILES string of the molecule is CCN1CCOc2cc(C(O)CCN(CC)C(C)(C)C)ccc21. The molecule has 0 radical (unpaired) electrons. The highest BCUT2D eigenvalue weighted by Gasteiger charge is 2.22. The molecule has 1 N–H and O–H groups in total. The second kappa shape index (κ2) is 7.54. The summed E-state index contributed by atoms with van der Waals surface area (Å²) in [6.45, 7) is 15.5. The van der Waals surface area contributed by atoms with E-state index < -0.39 is 6.10 Å².